The monoisotopic (exact) mass is 344 g/mol. The first-order chi connectivity index (χ1) is 11.5. The summed E-state index contributed by atoms with van der Waals surface area (Å²) in [5.74, 6) is 0.393. The average Bonchev–Trinajstić information content (AvgIpc) is 2.56. The maximum Gasteiger partial charge on any atom is 0.228 e. The van der Waals surface area contributed by atoms with Crippen molar-refractivity contribution in [2.24, 2.45) is 0 Å². The van der Waals surface area contributed by atoms with Crippen LogP contribution in [0, 0.1) is 0 Å². The van der Waals surface area contributed by atoms with Gasteiger partial charge in [-0.15, -0.1) is 0 Å². The summed E-state index contributed by atoms with van der Waals surface area (Å²) >= 11 is 6.07. The second kappa shape index (κ2) is 6.93. The highest BCUT2D eigenvalue weighted by Gasteiger charge is 2.21. The van der Waals surface area contributed by atoms with Crippen LogP contribution in [0.25, 0.3) is 0 Å². The molecule has 0 unspecified atom stereocenters. The van der Waals surface area contributed by atoms with Crippen molar-refractivity contribution in [2.45, 2.75) is 13.3 Å². The summed E-state index contributed by atoms with van der Waals surface area (Å²) < 4.78 is 5.60. The summed E-state index contributed by atoms with van der Waals surface area (Å²) in [6.45, 7) is 2.48. The Balaban J connectivity index is 1.73. The summed E-state index contributed by atoms with van der Waals surface area (Å²) in [4.78, 5) is 25.5. The quantitative estimate of drug-likeness (QED) is 0.929. The van der Waals surface area contributed by atoms with Crippen molar-refractivity contribution in [2.75, 3.05) is 23.4 Å². The van der Waals surface area contributed by atoms with E-state index in [1.165, 1.54) is 6.92 Å². The van der Waals surface area contributed by atoms with E-state index >= 15 is 0 Å². The smallest absolute Gasteiger partial charge is 0.228 e. The molecular weight excluding hydrogens is 328 g/mol. The number of rotatable bonds is 3. The number of ether oxygens (including phenoxy) is 1. The van der Waals surface area contributed by atoms with Crippen LogP contribution in [0.2, 0.25) is 5.02 Å². The standard InChI is InChI=1S/C18H17ClN2O3/c1-12(22)21-8-9-24-17-11-14(6-7-16(17)21)20-18(23)10-13-4-2-3-5-15(13)19/h2-7,11H,8-10H2,1H3,(H,20,23). The van der Waals surface area contributed by atoms with E-state index in [1.54, 1.807) is 29.2 Å². The molecule has 2 amide bonds. The topological polar surface area (TPSA) is 58.6 Å². The number of amides is 2. The number of nitrogens with zero attached hydrogens (tertiary/aromatic N) is 1. The molecule has 5 nitrogen and oxygen atoms in total. The first kappa shape index (κ1) is 16.3. The SMILES string of the molecule is CC(=O)N1CCOc2cc(NC(=O)Cc3ccccc3Cl)ccc21. The molecule has 0 aliphatic carbocycles. The lowest BCUT2D eigenvalue weighted by Gasteiger charge is -2.29. The molecule has 0 spiro atoms. The molecule has 24 heavy (non-hydrogen) atoms. The summed E-state index contributed by atoms with van der Waals surface area (Å²) in [5.41, 5.74) is 2.11. The van der Waals surface area contributed by atoms with Gasteiger partial charge in [0.1, 0.15) is 12.4 Å². The van der Waals surface area contributed by atoms with E-state index in [0.717, 1.165) is 11.3 Å². The Kier molecular flexibility index (Phi) is 4.71. The maximum atomic E-state index is 12.2. The van der Waals surface area contributed by atoms with Crippen molar-refractivity contribution in [3.8, 4) is 5.75 Å². The van der Waals surface area contributed by atoms with Crippen molar-refractivity contribution in [1.82, 2.24) is 0 Å². The number of nitrogens with one attached hydrogen (secondary N) is 1. The highest BCUT2D eigenvalue weighted by atomic mass is 35.5. The first-order valence-corrected chi connectivity index (χ1v) is 8.00. The Bertz CT molecular complexity index is 792. The zero-order chi connectivity index (χ0) is 17.1. The van der Waals surface area contributed by atoms with Gasteiger partial charge in [-0.25, -0.2) is 0 Å². The van der Waals surface area contributed by atoms with Crippen LogP contribution in [0.5, 0.6) is 5.75 Å². The molecule has 1 heterocycles. The van der Waals surface area contributed by atoms with E-state index in [9.17, 15) is 9.59 Å². The van der Waals surface area contributed by atoms with Gasteiger partial charge in [0, 0.05) is 23.7 Å². The molecular formula is C18H17ClN2O3. The third-order valence-electron chi connectivity index (χ3n) is 3.80. The molecule has 0 aromatic heterocycles. The minimum atomic E-state index is -0.165. The predicted molar refractivity (Wildman–Crippen MR) is 93.7 cm³/mol. The third kappa shape index (κ3) is 3.51. The Labute approximate surface area is 145 Å². The summed E-state index contributed by atoms with van der Waals surface area (Å²) in [5, 5.41) is 3.40. The Morgan fingerprint density at radius 1 is 1.25 bits per heavy atom. The van der Waals surface area contributed by atoms with E-state index in [2.05, 4.69) is 5.32 Å². The Hall–Kier alpha value is -2.53. The van der Waals surface area contributed by atoms with E-state index < -0.39 is 0 Å². The molecule has 6 heteroatoms. The van der Waals surface area contributed by atoms with E-state index in [4.69, 9.17) is 16.3 Å². The molecule has 0 saturated heterocycles. The lowest BCUT2D eigenvalue weighted by atomic mass is 10.1. The number of benzene rings is 2. The molecule has 0 fully saturated rings. The molecule has 0 radical (unpaired) electrons. The van der Waals surface area contributed by atoms with Crippen molar-refractivity contribution in [3.05, 3.63) is 53.1 Å². The van der Waals surface area contributed by atoms with Gasteiger partial charge >= 0.3 is 0 Å². The lowest BCUT2D eigenvalue weighted by molar-refractivity contribution is -0.117. The molecule has 2 aromatic carbocycles. The highest BCUT2D eigenvalue weighted by molar-refractivity contribution is 6.31. The summed E-state index contributed by atoms with van der Waals surface area (Å²) in [6.07, 6.45) is 0.192. The predicted octanol–water partition coefficient (Wildman–Crippen LogP) is 3.27. The van der Waals surface area contributed by atoms with Crippen molar-refractivity contribution >= 4 is 34.8 Å². The zero-order valence-corrected chi connectivity index (χ0v) is 14.0. The second-order valence-electron chi connectivity index (χ2n) is 5.52. The van der Waals surface area contributed by atoms with E-state index in [-0.39, 0.29) is 18.2 Å². The number of carbonyl (C=O) groups is 2. The Morgan fingerprint density at radius 3 is 2.79 bits per heavy atom. The van der Waals surface area contributed by atoms with Crippen LogP contribution in [0.3, 0.4) is 0 Å². The first-order valence-electron chi connectivity index (χ1n) is 7.63. The number of hydrogen-bond acceptors (Lipinski definition) is 3. The number of anilines is 2. The number of halogens is 1. The minimum Gasteiger partial charge on any atom is -0.489 e. The van der Waals surface area contributed by atoms with Crippen LogP contribution in [0.15, 0.2) is 42.5 Å². The molecule has 1 aliphatic rings. The van der Waals surface area contributed by atoms with Crippen LogP contribution < -0.4 is 15.0 Å². The molecule has 0 saturated carbocycles. The van der Waals surface area contributed by atoms with Crippen molar-refractivity contribution < 1.29 is 14.3 Å². The zero-order valence-electron chi connectivity index (χ0n) is 13.2. The van der Waals surface area contributed by atoms with Gasteiger partial charge in [-0.05, 0) is 23.8 Å². The molecule has 0 atom stereocenters. The van der Waals surface area contributed by atoms with Crippen molar-refractivity contribution in [1.29, 1.82) is 0 Å². The van der Waals surface area contributed by atoms with Crippen LogP contribution in [0.4, 0.5) is 11.4 Å². The molecule has 0 bridgehead atoms. The fraction of sp³-hybridized carbons (Fsp3) is 0.222. The normalized spacial score (nSPS) is 13.0. The van der Waals surface area contributed by atoms with E-state index in [0.29, 0.717) is 29.6 Å². The summed E-state index contributed by atoms with van der Waals surface area (Å²) in [7, 11) is 0. The van der Waals surface area contributed by atoms with E-state index in [1.807, 2.05) is 18.2 Å². The van der Waals surface area contributed by atoms with Gasteiger partial charge in [-0.3, -0.25) is 9.59 Å². The largest absolute Gasteiger partial charge is 0.489 e. The maximum absolute atomic E-state index is 12.2. The fourth-order valence-electron chi connectivity index (χ4n) is 2.64. The molecule has 2 aromatic rings. The van der Waals surface area contributed by atoms with Crippen LogP contribution in [-0.4, -0.2) is 25.0 Å². The van der Waals surface area contributed by atoms with Gasteiger partial charge in [0.25, 0.3) is 0 Å². The second-order valence-corrected chi connectivity index (χ2v) is 5.93. The molecule has 124 valence electrons. The number of fused-ring (bicyclic) bond motifs is 1. The highest BCUT2D eigenvalue weighted by Crippen LogP contribution is 2.34. The van der Waals surface area contributed by atoms with Gasteiger partial charge in [0.05, 0.1) is 18.7 Å². The summed E-state index contributed by atoms with van der Waals surface area (Å²) in [6, 6.07) is 12.5. The number of carbonyl (C=O) groups excluding carboxylic acids is 2. The Morgan fingerprint density at radius 2 is 2.04 bits per heavy atom. The van der Waals surface area contributed by atoms with Crippen LogP contribution >= 0.6 is 11.6 Å². The third-order valence-corrected chi connectivity index (χ3v) is 4.16. The average molecular weight is 345 g/mol. The van der Waals surface area contributed by atoms with Gasteiger partial charge in [-0.2, -0.15) is 0 Å². The molecule has 1 N–H and O–H groups in total. The van der Waals surface area contributed by atoms with Gasteiger partial charge < -0.3 is 15.0 Å². The minimum absolute atomic E-state index is 0.0324. The fourth-order valence-corrected chi connectivity index (χ4v) is 2.85. The molecule has 3 rings (SSSR count). The van der Waals surface area contributed by atoms with Crippen LogP contribution in [-0.2, 0) is 16.0 Å². The van der Waals surface area contributed by atoms with Crippen molar-refractivity contribution in [3.63, 3.8) is 0 Å². The van der Waals surface area contributed by atoms with Gasteiger partial charge in [0.2, 0.25) is 11.8 Å². The van der Waals surface area contributed by atoms with Gasteiger partial charge in [0.15, 0.2) is 0 Å². The van der Waals surface area contributed by atoms with Gasteiger partial charge in [-0.1, -0.05) is 29.8 Å². The molecule has 1 aliphatic heterocycles. The lowest BCUT2D eigenvalue weighted by Crippen LogP contribution is -2.36. The van der Waals surface area contributed by atoms with Crippen LogP contribution in [0.1, 0.15) is 12.5 Å². The number of hydrogen-bond donors (Lipinski definition) is 1.